The molecule has 2 heterocycles. The molecule has 0 aliphatic heterocycles. The molecular weight excluding hydrogens is 248 g/mol. The maximum Gasteiger partial charge on any atom is 0.180 e. The van der Waals surface area contributed by atoms with E-state index in [1.807, 2.05) is 61.5 Å². The van der Waals surface area contributed by atoms with Crippen molar-refractivity contribution in [3.05, 3.63) is 60.4 Å². The van der Waals surface area contributed by atoms with Crippen molar-refractivity contribution in [2.45, 2.75) is 6.92 Å². The predicted molar refractivity (Wildman–Crippen MR) is 79.5 cm³/mol. The molecule has 0 spiro atoms. The second-order valence-electron chi connectivity index (χ2n) is 4.76. The van der Waals surface area contributed by atoms with Crippen molar-refractivity contribution in [1.82, 2.24) is 9.97 Å². The zero-order chi connectivity index (χ0) is 13.5. The Balaban J connectivity index is 2.16. The average Bonchev–Trinajstić information content (AvgIpc) is 2.86. The maximum atomic E-state index is 5.97. The maximum absolute atomic E-state index is 5.97. The number of hydrogen-bond acceptors (Lipinski definition) is 3. The highest BCUT2D eigenvalue weighted by atomic mass is 16.3. The number of benzene rings is 2. The molecule has 0 radical (unpaired) electrons. The molecule has 4 aromatic rings. The Bertz CT molecular complexity index is 910. The van der Waals surface area contributed by atoms with Crippen LogP contribution in [-0.2, 0) is 0 Å². The quantitative estimate of drug-likeness (QED) is 0.510. The molecule has 2 aromatic carbocycles. The molecule has 0 saturated carbocycles. The summed E-state index contributed by atoms with van der Waals surface area (Å²) in [5.74, 6) is 0.753. The fourth-order valence-corrected chi connectivity index (χ4v) is 2.49. The van der Waals surface area contributed by atoms with E-state index in [0.29, 0.717) is 0 Å². The number of nitrogens with zero attached hydrogens (tertiary/aromatic N) is 2. The van der Waals surface area contributed by atoms with Gasteiger partial charge in [0, 0.05) is 10.9 Å². The van der Waals surface area contributed by atoms with Crippen LogP contribution in [0.1, 0.15) is 5.82 Å². The van der Waals surface area contributed by atoms with Gasteiger partial charge < -0.3 is 4.42 Å². The number of aromatic nitrogens is 2. The van der Waals surface area contributed by atoms with Crippen LogP contribution in [0.4, 0.5) is 0 Å². The van der Waals surface area contributed by atoms with E-state index in [4.69, 9.17) is 4.42 Å². The summed E-state index contributed by atoms with van der Waals surface area (Å²) in [5.41, 5.74) is 4.38. The number of para-hydroxylation sites is 1. The van der Waals surface area contributed by atoms with Gasteiger partial charge in [-0.05, 0) is 19.1 Å². The van der Waals surface area contributed by atoms with E-state index in [2.05, 4.69) is 9.97 Å². The van der Waals surface area contributed by atoms with Crippen LogP contribution in [0.3, 0.4) is 0 Å². The van der Waals surface area contributed by atoms with Gasteiger partial charge in [0.05, 0.1) is 0 Å². The second kappa shape index (κ2) is 4.17. The fraction of sp³-hybridized carbons (Fsp3) is 0.0588. The Labute approximate surface area is 115 Å². The van der Waals surface area contributed by atoms with Crippen LogP contribution >= 0.6 is 0 Å². The van der Waals surface area contributed by atoms with Crippen molar-refractivity contribution < 1.29 is 4.42 Å². The van der Waals surface area contributed by atoms with Gasteiger partial charge in [0.2, 0.25) is 0 Å². The molecule has 0 aliphatic rings. The van der Waals surface area contributed by atoms with E-state index >= 15 is 0 Å². The fourth-order valence-electron chi connectivity index (χ4n) is 2.49. The first-order valence-electron chi connectivity index (χ1n) is 6.54. The van der Waals surface area contributed by atoms with Gasteiger partial charge in [-0.25, -0.2) is 9.97 Å². The van der Waals surface area contributed by atoms with E-state index in [0.717, 1.165) is 39.2 Å². The molecule has 20 heavy (non-hydrogen) atoms. The summed E-state index contributed by atoms with van der Waals surface area (Å²) < 4.78 is 5.97. The SMILES string of the molecule is Cc1nc(-c2ccccc2)c2oc3ccccc3c2n1. The standard InChI is InChI=1S/C17H12N2O/c1-11-18-15(12-7-3-2-4-8-12)17-16(19-11)13-9-5-6-10-14(13)20-17/h2-10H,1H3. The Morgan fingerprint density at radius 1 is 0.850 bits per heavy atom. The molecule has 4 rings (SSSR count). The first kappa shape index (κ1) is 11.2. The molecule has 3 nitrogen and oxygen atoms in total. The molecular formula is C17H12N2O. The van der Waals surface area contributed by atoms with Crippen LogP contribution in [0.25, 0.3) is 33.3 Å². The Kier molecular flexibility index (Phi) is 2.33. The summed E-state index contributed by atoms with van der Waals surface area (Å²) in [6, 6.07) is 18.0. The van der Waals surface area contributed by atoms with E-state index in [1.54, 1.807) is 0 Å². The minimum Gasteiger partial charge on any atom is -0.452 e. The van der Waals surface area contributed by atoms with Crippen LogP contribution in [0.15, 0.2) is 59.0 Å². The molecule has 0 unspecified atom stereocenters. The summed E-state index contributed by atoms with van der Waals surface area (Å²) in [4.78, 5) is 9.11. The smallest absolute Gasteiger partial charge is 0.180 e. The van der Waals surface area contributed by atoms with Gasteiger partial charge >= 0.3 is 0 Å². The third-order valence-corrected chi connectivity index (χ3v) is 3.38. The summed E-state index contributed by atoms with van der Waals surface area (Å²) in [6.07, 6.45) is 0. The molecule has 0 amide bonds. The van der Waals surface area contributed by atoms with Gasteiger partial charge in [-0.1, -0.05) is 42.5 Å². The van der Waals surface area contributed by atoms with Gasteiger partial charge in [-0.15, -0.1) is 0 Å². The molecule has 0 fully saturated rings. The largest absolute Gasteiger partial charge is 0.452 e. The van der Waals surface area contributed by atoms with Crippen LogP contribution in [0.5, 0.6) is 0 Å². The van der Waals surface area contributed by atoms with E-state index in [9.17, 15) is 0 Å². The number of hydrogen-bond donors (Lipinski definition) is 0. The predicted octanol–water partition coefficient (Wildman–Crippen LogP) is 4.35. The topological polar surface area (TPSA) is 38.9 Å². The normalized spacial score (nSPS) is 11.2. The number of rotatable bonds is 1. The Morgan fingerprint density at radius 2 is 1.60 bits per heavy atom. The number of fused-ring (bicyclic) bond motifs is 3. The van der Waals surface area contributed by atoms with Gasteiger partial charge in [0.25, 0.3) is 0 Å². The monoisotopic (exact) mass is 260 g/mol. The molecule has 0 atom stereocenters. The zero-order valence-electron chi connectivity index (χ0n) is 11.0. The molecule has 0 aliphatic carbocycles. The van der Waals surface area contributed by atoms with Crippen LogP contribution < -0.4 is 0 Å². The molecule has 3 heteroatoms. The molecule has 0 saturated heterocycles. The second-order valence-corrected chi connectivity index (χ2v) is 4.76. The molecule has 2 aromatic heterocycles. The lowest BCUT2D eigenvalue weighted by Crippen LogP contribution is -1.91. The van der Waals surface area contributed by atoms with Crippen molar-refractivity contribution in [3.8, 4) is 11.3 Å². The Hall–Kier alpha value is -2.68. The lowest BCUT2D eigenvalue weighted by Gasteiger charge is -2.02. The van der Waals surface area contributed by atoms with E-state index in [1.165, 1.54) is 0 Å². The average molecular weight is 260 g/mol. The summed E-state index contributed by atoms with van der Waals surface area (Å²) in [5, 5.41) is 1.03. The number of furan rings is 1. The van der Waals surface area contributed by atoms with Crippen molar-refractivity contribution in [1.29, 1.82) is 0 Å². The van der Waals surface area contributed by atoms with Gasteiger partial charge in [-0.3, -0.25) is 0 Å². The number of aryl methyl sites for hydroxylation is 1. The minimum atomic E-state index is 0.753. The van der Waals surface area contributed by atoms with E-state index < -0.39 is 0 Å². The Morgan fingerprint density at radius 3 is 2.45 bits per heavy atom. The van der Waals surface area contributed by atoms with Crippen LogP contribution in [0, 0.1) is 6.92 Å². The van der Waals surface area contributed by atoms with Gasteiger partial charge in [0.15, 0.2) is 5.58 Å². The van der Waals surface area contributed by atoms with Crippen molar-refractivity contribution in [3.63, 3.8) is 0 Å². The summed E-state index contributed by atoms with van der Waals surface area (Å²) in [7, 11) is 0. The summed E-state index contributed by atoms with van der Waals surface area (Å²) >= 11 is 0. The zero-order valence-corrected chi connectivity index (χ0v) is 11.0. The van der Waals surface area contributed by atoms with Crippen LogP contribution in [0.2, 0.25) is 0 Å². The third-order valence-electron chi connectivity index (χ3n) is 3.38. The van der Waals surface area contributed by atoms with Crippen molar-refractivity contribution >= 4 is 22.1 Å². The van der Waals surface area contributed by atoms with Crippen molar-refractivity contribution in [2.24, 2.45) is 0 Å². The lowest BCUT2D eigenvalue weighted by molar-refractivity contribution is 0.666. The minimum absolute atomic E-state index is 0.753. The lowest BCUT2D eigenvalue weighted by atomic mass is 10.1. The molecule has 0 bridgehead atoms. The highest BCUT2D eigenvalue weighted by Crippen LogP contribution is 2.33. The highest BCUT2D eigenvalue weighted by molar-refractivity contribution is 6.06. The molecule has 96 valence electrons. The van der Waals surface area contributed by atoms with Gasteiger partial charge in [-0.2, -0.15) is 0 Å². The van der Waals surface area contributed by atoms with Gasteiger partial charge in [0.1, 0.15) is 22.6 Å². The molecule has 0 N–H and O–H groups in total. The van der Waals surface area contributed by atoms with Crippen molar-refractivity contribution in [2.75, 3.05) is 0 Å². The van der Waals surface area contributed by atoms with E-state index in [-0.39, 0.29) is 0 Å². The van der Waals surface area contributed by atoms with Crippen LogP contribution in [-0.4, -0.2) is 9.97 Å². The third kappa shape index (κ3) is 1.60. The first-order chi connectivity index (χ1) is 9.83. The summed E-state index contributed by atoms with van der Waals surface area (Å²) in [6.45, 7) is 1.91. The first-order valence-corrected chi connectivity index (χ1v) is 6.54. The highest BCUT2D eigenvalue weighted by Gasteiger charge is 2.15.